The maximum absolute atomic E-state index is 12.8. The van der Waals surface area contributed by atoms with Crippen LogP contribution in [-0.4, -0.2) is 90.7 Å². The Bertz CT molecular complexity index is 1360. The predicted molar refractivity (Wildman–Crippen MR) is 129 cm³/mol. The standard InChI is InChI=1S/C20H21N7O6.C2HF3O2/c1-33-23-8-13-7-21-17(24-13)16-18(26-19(30)12-5-3-2-4-6-12)27(11-22-16)9-15(29)25-14(10-28)20(31)32;3-2(4,5)1(6)7/h2-8,11,14,28H,9-10H2,1H3,(H,21,24)(H,25,29)(H,26,30)(H,31,32);(H,6,7)/b23-8-;/t14-;/m0./s1. The molecule has 0 saturated carbocycles. The zero-order valence-electron chi connectivity index (χ0n) is 20.4. The minimum Gasteiger partial charge on any atom is -0.480 e. The normalized spacial score (nSPS) is 11.7. The fourth-order valence-corrected chi connectivity index (χ4v) is 2.79. The van der Waals surface area contributed by atoms with E-state index in [4.69, 9.17) is 20.1 Å². The van der Waals surface area contributed by atoms with Gasteiger partial charge in [-0.05, 0) is 12.1 Å². The first-order valence-corrected chi connectivity index (χ1v) is 10.8. The highest BCUT2D eigenvalue weighted by atomic mass is 19.4. The lowest BCUT2D eigenvalue weighted by Crippen LogP contribution is -2.44. The number of benzene rings is 1. The molecule has 0 spiro atoms. The van der Waals surface area contributed by atoms with Crippen molar-refractivity contribution in [3.63, 3.8) is 0 Å². The number of aliphatic hydroxyl groups is 1. The summed E-state index contributed by atoms with van der Waals surface area (Å²) in [6, 6.07) is 6.95. The third-order valence-corrected chi connectivity index (χ3v) is 4.59. The molecule has 1 aromatic carbocycles. The Morgan fingerprint density at radius 1 is 1.18 bits per heavy atom. The molecule has 40 heavy (non-hydrogen) atoms. The molecule has 2 amide bonds. The number of carboxylic acids is 2. The number of aromatic nitrogens is 4. The van der Waals surface area contributed by atoms with Crippen molar-refractivity contribution in [2.24, 2.45) is 5.16 Å². The molecule has 1 atom stereocenters. The third kappa shape index (κ3) is 8.94. The van der Waals surface area contributed by atoms with E-state index in [1.165, 1.54) is 30.4 Å². The number of carbonyl (C=O) groups excluding carboxylic acids is 2. The predicted octanol–water partition coefficient (Wildman–Crippen LogP) is 0.701. The SMILES string of the molecule is CO/N=C\c1cnc(-c2ncn(CC(=O)N[C@@H](CO)C(=O)O)c2NC(=O)c2ccccc2)[nH]1.O=C(O)C(F)(F)F. The van der Waals surface area contributed by atoms with Crippen LogP contribution in [0.15, 0.2) is 48.0 Å². The molecule has 0 bridgehead atoms. The van der Waals surface area contributed by atoms with Gasteiger partial charge in [-0.2, -0.15) is 13.2 Å². The van der Waals surface area contributed by atoms with Crippen molar-refractivity contribution in [1.82, 2.24) is 24.8 Å². The molecule has 0 unspecified atom stereocenters. The first-order valence-electron chi connectivity index (χ1n) is 10.8. The van der Waals surface area contributed by atoms with Crippen LogP contribution in [0, 0.1) is 0 Å². The molecule has 0 saturated heterocycles. The van der Waals surface area contributed by atoms with Crippen LogP contribution in [0.1, 0.15) is 16.1 Å². The minimum atomic E-state index is -5.08. The van der Waals surface area contributed by atoms with E-state index < -0.39 is 42.6 Å². The fraction of sp³-hybridized carbons (Fsp3) is 0.227. The smallest absolute Gasteiger partial charge is 0.480 e. The van der Waals surface area contributed by atoms with Crippen LogP contribution < -0.4 is 10.6 Å². The summed E-state index contributed by atoms with van der Waals surface area (Å²) in [6.07, 6.45) is -0.912. The van der Waals surface area contributed by atoms with Crippen LogP contribution in [0.25, 0.3) is 11.5 Å². The number of aromatic amines is 1. The molecule has 6 N–H and O–H groups in total. The highest BCUT2D eigenvalue weighted by Crippen LogP contribution is 2.25. The van der Waals surface area contributed by atoms with Gasteiger partial charge in [-0.15, -0.1) is 0 Å². The summed E-state index contributed by atoms with van der Waals surface area (Å²) in [6.45, 7) is -1.15. The van der Waals surface area contributed by atoms with Gasteiger partial charge < -0.3 is 40.3 Å². The Morgan fingerprint density at radius 2 is 1.82 bits per heavy atom. The van der Waals surface area contributed by atoms with Crippen molar-refractivity contribution in [2.75, 3.05) is 19.0 Å². The maximum Gasteiger partial charge on any atom is 0.490 e. The van der Waals surface area contributed by atoms with Gasteiger partial charge in [0.2, 0.25) is 5.91 Å². The highest BCUT2D eigenvalue weighted by Gasteiger charge is 2.38. The van der Waals surface area contributed by atoms with Gasteiger partial charge in [-0.1, -0.05) is 23.4 Å². The number of carbonyl (C=O) groups is 4. The van der Waals surface area contributed by atoms with Gasteiger partial charge in [0, 0.05) is 5.56 Å². The van der Waals surface area contributed by atoms with Gasteiger partial charge in [0.25, 0.3) is 5.91 Å². The van der Waals surface area contributed by atoms with Crippen molar-refractivity contribution in [1.29, 1.82) is 0 Å². The molecule has 2 aromatic heterocycles. The summed E-state index contributed by atoms with van der Waals surface area (Å²) < 4.78 is 33.1. The summed E-state index contributed by atoms with van der Waals surface area (Å²) in [4.78, 5) is 61.1. The fourth-order valence-electron chi connectivity index (χ4n) is 2.79. The topological polar surface area (TPSA) is 221 Å². The number of aliphatic carboxylic acids is 2. The van der Waals surface area contributed by atoms with Crippen LogP contribution >= 0.6 is 0 Å². The summed E-state index contributed by atoms with van der Waals surface area (Å²) in [5.74, 6) is -4.86. The van der Waals surface area contributed by atoms with Crippen molar-refractivity contribution < 1.29 is 52.5 Å². The molecule has 2 heterocycles. The number of nitrogens with one attached hydrogen (secondary N) is 3. The average Bonchev–Trinajstić information content (AvgIpc) is 3.53. The molecule has 214 valence electrons. The van der Waals surface area contributed by atoms with E-state index in [1.807, 2.05) is 0 Å². The lowest BCUT2D eigenvalue weighted by molar-refractivity contribution is -0.192. The van der Waals surface area contributed by atoms with Gasteiger partial charge in [0.15, 0.2) is 5.82 Å². The summed E-state index contributed by atoms with van der Waals surface area (Å²) >= 11 is 0. The number of anilines is 1. The molecule has 3 aromatic rings. The maximum atomic E-state index is 12.8. The monoisotopic (exact) mass is 569 g/mol. The van der Waals surface area contributed by atoms with E-state index in [-0.39, 0.29) is 23.9 Å². The van der Waals surface area contributed by atoms with E-state index in [2.05, 4.69) is 35.6 Å². The largest absolute Gasteiger partial charge is 0.490 e. The highest BCUT2D eigenvalue weighted by molar-refractivity contribution is 6.05. The summed E-state index contributed by atoms with van der Waals surface area (Å²) in [7, 11) is 1.39. The Morgan fingerprint density at radius 3 is 2.38 bits per heavy atom. The number of hydrogen-bond donors (Lipinski definition) is 6. The van der Waals surface area contributed by atoms with Crippen LogP contribution in [-0.2, 0) is 25.8 Å². The molecule has 3 rings (SSSR count). The molecule has 15 nitrogen and oxygen atoms in total. The minimum absolute atomic E-state index is 0.152. The molecular formula is C22H22F3N7O8. The van der Waals surface area contributed by atoms with Gasteiger partial charge >= 0.3 is 18.1 Å². The van der Waals surface area contributed by atoms with Crippen LogP contribution in [0.3, 0.4) is 0 Å². The molecular weight excluding hydrogens is 547 g/mol. The molecule has 0 aliphatic rings. The number of hydrogen-bond acceptors (Lipinski definition) is 9. The van der Waals surface area contributed by atoms with Crippen LogP contribution in [0.4, 0.5) is 19.0 Å². The summed E-state index contributed by atoms with van der Waals surface area (Å²) in [5.41, 5.74) is 1.12. The van der Waals surface area contributed by atoms with Crippen molar-refractivity contribution in [2.45, 2.75) is 18.8 Å². The van der Waals surface area contributed by atoms with E-state index >= 15 is 0 Å². The van der Waals surface area contributed by atoms with Gasteiger partial charge in [0.1, 0.15) is 31.2 Å². The van der Waals surface area contributed by atoms with Crippen LogP contribution in [0.2, 0.25) is 0 Å². The number of rotatable bonds is 10. The number of H-pyrrole nitrogens is 1. The second kappa shape index (κ2) is 14.0. The van der Waals surface area contributed by atoms with Crippen LogP contribution in [0.5, 0.6) is 0 Å². The van der Waals surface area contributed by atoms with E-state index in [9.17, 15) is 27.6 Å². The second-order valence-corrected chi connectivity index (χ2v) is 7.44. The second-order valence-electron chi connectivity index (χ2n) is 7.44. The first kappa shape index (κ1) is 31.0. The van der Waals surface area contributed by atoms with E-state index in [0.29, 0.717) is 11.3 Å². The number of amides is 2. The number of carboxylic acid groups (broad SMARTS) is 2. The quantitative estimate of drug-likeness (QED) is 0.148. The van der Waals surface area contributed by atoms with E-state index in [1.54, 1.807) is 30.3 Å². The zero-order valence-corrected chi connectivity index (χ0v) is 20.4. The number of imidazole rings is 2. The van der Waals surface area contributed by atoms with Crippen molar-refractivity contribution >= 4 is 35.8 Å². The number of alkyl halides is 3. The number of oxime groups is 1. The first-order chi connectivity index (χ1) is 18.9. The number of halogens is 3. The molecule has 0 aliphatic heterocycles. The Balaban J connectivity index is 0.000000708. The zero-order chi connectivity index (χ0) is 29.9. The van der Waals surface area contributed by atoms with Gasteiger partial charge in [-0.25, -0.2) is 19.6 Å². The van der Waals surface area contributed by atoms with E-state index in [0.717, 1.165) is 0 Å². The Labute approximate surface area is 222 Å². The molecule has 0 fully saturated rings. The Hall–Kier alpha value is -5.26. The molecule has 0 aliphatic carbocycles. The lowest BCUT2D eigenvalue weighted by atomic mass is 10.2. The molecule has 18 heteroatoms. The van der Waals surface area contributed by atoms with Gasteiger partial charge in [0.05, 0.1) is 31.0 Å². The van der Waals surface area contributed by atoms with Crippen molar-refractivity contribution in [3.05, 3.63) is 54.1 Å². The van der Waals surface area contributed by atoms with Crippen molar-refractivity contribution in [3.8, 4) is 11.5 Å². The average molecular weight is 569 g/mol. The number of aliphatic hydroxyl groups excluding tert-OH is 1. The molecule has 0 radical (unpaired) electrons. The number of nitrogens with zero attached hydrogens (tertiary/aromatic N) is 4. The van der Waals surface area contributed by atoms with Gasteiger partial charge in [-0.3, -0.25) is 9.59 Å². The third-order valence-electron chi connectivity index (χ3n) is 4.59. The summed E-state index contributed by atoms with van der Waals surface area (Å²) in [5, 5.41) is 33.8. The Kier molecular flexibility index (Phi) is 10.9. The lowest BCUT2D eigenvalue weighted by Gasteiger charge is -2.14.